The third-order valence-electron chi connectivity index (χ3n) is 3.35. The van der Waals surface area contributed by atoms with E-state index in [1.165, 1.54) is 12.8 Å². The molecule has 1 fully saturated rings. The minimum Gasteiger partial charge on any atom is -0.383 e. The number of likely N-dealkylation sites (N-methyl/N-ethyl adjacent to an activating group) is 1. The highest BCUT2D eigenvalue weighted by Crippen LogP contribution is 2.17. The zero-order chi connectivity index (χ0) is 13.2. The summed E-state index contributed by atoms with van der Waals surface area (Å²) in [7, 11) is 3.76. The molecule has 2 N–H and O–H groups in total. The number of ether oxygens (including phenoxy) is 1. The van der Waals surface area contributed by atoms with Crippen LogP contribution in [-0.4, -0.2) is 63.8 Å². The van der Waals surface area contributed by atoms with Gasteiger partial charge in [-0.15, -0.1) is 0 Å². The molecule has 0 radical (unpaired) electrons. The molecule has 1 rings (SSSR count). The summed E-state index contributed by atoms with van der Waals surface area (Å²) < 4.78 is 5.01. The molecular formula is C13H27N3O2. The fourth-order valence-electron chi connectivity index (χ4n) is 2.18. The lowest BCUT2D eigenvalue weighted by Crippen LogP contribution is -2.41. The number of nitrogens with one attached hydrogen (secondary N) is 2. The van der Waals surface area contributed by atoms with Crippen LogP contribution in [0.2, 0.25) is 0 Å². The number of nitrogens with zero attached hydrogens (tertiary/aromatic N) is 1. The van der Waals surface area contributed by atoms with Gasteiger partial charge in [-0.25, -0.2) is 0 Å². The maximum Gasteiger partial charge on any atom is 0.234 e. The van der Waals surface area contributed by atoms with Crippen LogP contribution >= 0.6 is 0 Å². The van der Waals surface area contributed by atoms with Crippen LogP contribution < -0.4 is 10.6 Å². The van der Waals surface area contributed by atoms with Crippen LogP contribution in [0.4, 0.5) is 0 Å². The molecule has 106 valence electrons. The van der Waals surface area contributed by atoms with Gasteiger partial charge in [0.25, 0.3) is 0 Å². The number of methoxy groups -OCH3 is 1. The molecule has 1 amide bonds. The van der Waals surface area contributed by atoms with Gasteiger partial charge in [0.1, 0.15) is 0 Å². The van der Waals surface area contributed by atoms with Crippen molar-refractivity contribution in [1.82, 2.24) is 15.5 Å². The van der Waals surface area contributed by atoms with Crippen LogP contribution in [0.3, 0.4) is 0 Å². The Labute approximate surface area is 110 Å². The summed E-state index contributed by atoms with van der Waals surface area (Å²) in [6, 6.07) is 0.420. The van der Waals surface area contributed by atoms with Gasteiger partial charge in [0.05, 0.1) is 13.2 Å². The van der Waals surface area contributed by atoms with E-state index in [0.29, 0.717) is 12.6 Å². The lowest BCUT2D eigenvalue weighted by Gasteiger charge is -2.16. The molecule has 5 heteroatoms. The van der Waals surface area contributed by atoms with Crippen molar-refractivity contribution in [3.8, 4) is 0 Å². The monoisotopic (exact) mass is 257 g/mol. The largest absolute Gasteiger partial charge is 0.383 e. The summed E-state index contributed by atoms with van der Waals surface area (Å²) in [5, 5.41) is 6.24. The van der Waals surface area contributed by atoms with E-state index < -0.39 is 0 Å². The van der Waals surface area contributed by atoms with Gasteiger partial charge in [-0.2, -0.15) is 0 Å². The van der Waals surface area contributed by atoms with Gasteiger partial charge in [-0.05, 0) is 19.9 Å². The maximum atomic E-state index is 11.6. The normalized spacial score (nSPS) is 16.4. The molecule has 0 aromatic rings. The van der Waals surface area contributed by atoms with E-state index in [-0.39, 0.29) is 5.91 Å². The first-order valence-electron chi connectivity index (χ1n) is 6.90. The fourth-order valence-corrected chi connectivity index (χ4v) is 2.18. The molecule has 0 atom stereocenters. The standard InChI is InChI=1S/C13H27N3O2/c1-16(9-10-18-2)8-7-14-11-13(17)15-12-5-3-4-6-12/h12,14H,3-11H2,1-2H3,(H,15,17). The lowest BCUT2D eigenvalue weighted by molar-refractivity contribution is -0.120. The molecule has 0 aromatic carbocycles. The van der Waals surface area contributed by atoms with E-state index >= 15 is 0 Å². The summed E-state index contributed by atoms with van der Waals surface area (Å²) >= 11 is 0. The van der Waals surface area contributed by atoms with Gasteiger partial charge < -0.3 is 20.3 Å². The number of hydrogen-bond donors (Lipinski definition) is 2. The number of carbonyl (C=O) groups is 1. The average Bonchev–Trinajstić information content (AvgIpc) is 2.85. The highest BCUT2D eigenvalue weighted by Gasteiger charge is 2.16. The number of carbonyl (C=O) groups excluding carboxylic acids is 1. The Hall–Kier alpha value is -0.650. The number of rotatable bonds is 9. The Morgan fingerprint density at radius 1 is 1.33 bits per heavy atom. The quantitative estimate of drug-likeness (QED) is 0.580. The molecule has 0 aromatic heterocycles. The SMILES string of the molecule is COCCN(C)CCNCC(=O)NC1CCCC1. The Morgan fingerprint density at radius 2 is 2.06 bits per heavy atom. The zero-order valence-electron chi connectivity index (χ0n) is 11.7. The molecule has 0 aliphatic heterocycles. The zero-order valence-corrected chi connectivity index (χ0v) is 11.7. The van der Waals surface area contributed by atoms with Gasteiger partial charge in [-0.3, -0.25) is 4.79 Å². The first kappa shape index (κ1) is 15.4. The van der Waals surface area contributed by atoms with E-state index in [4.69, 9.17) is 4.74 Å². The van der Waals surface area contributed by atoms with Crippen molar-refractivity contribution < 1.29 is 9.53 Å². The summed E-state index contributed by atoms with van der Waals surface area (Å²) in [5.41, 5.74) is 0. The van der Waals surface area contributed by atoms with Crippen molar-refractivity contribution in [3.05, 3.63) is 0 Å². The predicted molar refractivity (Wildman–Crippen MR) is 72.6 cm³/mol. The van der Waals surface area contributed by atoms with Crippen molar-refractivity contribution in [1.29, 1.82) is 0 Å². The Bertz CT molecular complexity index is 230. The molecular weight excluding hydrogens is 230 g/mol. The molecule has 0 bridgehead atoms. The third kappa shape index (κ3) is 6.93. The molecule has 0 saturated heterocycles. The summed E-state index contributed by atoms with van der Waals surface area (Å²) in [6.45, 7) is 3.86. The van der Waals surface area contributed by atoms with Crippen molar-refractivity contribution >= 4 is 5.91 Å². The predicted octanol–water partition coefficient (Wildman–Crippen LogP) is 0.213. The highest BCUT2D eigenvalue weighted by atomic mass is 16.5. The van der Waals surface area contributed by atoms with Crippen molar-refractivity contribution in [2.45, 2.75) is 31.7 Å². The van der Waals surface area contributed by atoms with Crippen molar-refractivity contribution in [2.24, 2.45) is 0 Å². The summed E-state index contributed by atoms with van der Waals surface area (Å²) in [5.74, 6) is 0.126. The maximum absolute atomic E-state index is 11.6. The second-order valence-electron chi connectivity index (χ2n) is 5.02. The second kappa shape index (κ2) is 9.30. The highest BCUT2D eigenvalue weighted by molar-refractivity contribution is 5.78. The first-order chi connectivity index (χ1) is 8.72. The number of hydrogen-bond acceptors (Lipinski definition) is 4. The molecule has 5 nitrogen and oxygen atoms in total. The van der Waals surface area contributed by atoms with Crippen LogP contribution in [0.1, 0.15) is 25.7 Å². The van der Waals surface area contributed by atoms with E-state index in [2.05, 4.69) is 22.6 Å². The minimum absolute atomic E-state index is 0.126. The Morgan fingerprint density at radius 3 is 2.72 bits per heavy atom. The van der Waals surface area contributed by atoms with Gasteiger partial charge in [0.2, 0.25) is 5.91 Å². The first-order valence-corrected chi connectivity index (χ1v) is 6.90. The van der Waals surface area contributed by atoms with Crippen LogP contribution in [0.15, 0.2) is 0 Å². The van der Waals surface area contributed by atoms with E-state index in [0.717, 1.165) is 39.1 Å². The number of amides is 1. The van der Waals surface area contributed by atoms with E-state index in [1.54, 1.807) is 7.11 Å². The Balaban J connectivity index is 1.94. The summed E-state index contributed by atoms with van der Waals surface area (Å²) in [4.78, 5) is 13.8. The molecule has 1 saturated carbocycles. The van der Waals surface area contributed by atoms with Gasteiger partial charge in [0, 0.05) is 32.8 Å². The van der Waals surface area contributed by atoms with Gasteiger partial charge >= 0.3 is 0 Å². The fraction of sp³-hybridized carbons (Fsp3) is 0.923. The van der Waals surface area contributed by atoms with Crippen molar-refractivity contribution in [2.75, 3.05) is 46.9 Å². The molecule has 0 unspecified atom stereocenters. The smallest absolute Gasteiger partial charge is 0.234 e. The van der Waals surface area contributed by atoms with Crippen LogP contribution in [-0.2, 0) is 9.53 Å². The van der Waals surface area contributed by atoms with Crippen LogP contribution in [0.25, 0.3) is 0 Å². The van der Waals surface area contributed by atoms with E-state index in [9.17, 15) is 4.79 Å². The minimum atomic E-state index is 0.126. The third-order valence-corrected chi connectivity index (χ3v) is 3.35. The van der Waals surface area contributed by atoms with Crippen molar-refractivity contribution in [3.63, 3.8) is 0 Å². The second-order valence-corrected chi connectivity index (χ2v) is 5.02. The van der Waals surface area contributed by atoms with E-state index in [1.807, 2.05) is 0 Å². The molecule has 18 heavy (non-hydrogen) atoms. The molecule has 0 spiro atoms. The summed E-state index contributed by atoms with van der Waals surface area (Å²) in [6.07, 6.45) is 4.79. The van der Waals surface area contributed by atoms with Gasteiger partial charge in [-0.1, -0.05) is 12.8 Å². The van der Waals surface area contributed by atoms with Crippen LogP contribution in [0, 0.1) is 0 Å². The molecule has 1 aliphatic rings. The molecule has 1 aliphatic carbocycles. The topological polar surface area (TPSA) is 53.6 Å². The molecule has 0 heterocycles. The lowest BCUT2D eigenvalue weighted by atomic mass is 10.2. The Kier molecular flexibility index (Phi) is 7.96. The van der Waals surface area contributed by atoms with Gasteiger partial charge in [0.15, 0.2) is 0 Å². The van der Waals surface area contributed by atoms with Crippen LogP contribution in [0.5, 0.6) is 0 Å². The average molecular weight is 257 g/mol.